The molecule has 0 saturated carbocycles. The standard InChI is InChI=1S/C19H31N3O2.HI/c1-18(2)14-22(19(18,3)4)17(21-13-16-8-6-12-24-16)20-10-9-15-7-5-11-23-15;/h5,7,11,16H,6,8-10,12-14H2,1-4H3,(H,20,21);1H. The predicted octanol–water partition coefficient (Wildman–Crippen LogP) is 3.69. The molecule has 2 aliphatic heterocycles. The van der Waals surface area contributed by atoms with Crippen molar-refractivity contribution in [1.82, 2.24) is 10.2 Å². The second-order valence-electron chi connectivity index (χ2n) is 8.08. The topological polar surface area (TPSA) is 50.0 Å². The Kier molecular flexibility index (Phi) is 6.81. The molecule has 25 heavy (non-hydrogen) atoms. The van der Waals surface area contributed by atoms with Gasteiger partial charge < -0.3 is 19.4 Å². The van der Waals surface area contributed by atoms with Gasteiger partial charge in [-0.1, -0.05) is 13.8 Å². The molecule has 2 aliphatic rings. The monoisotopic (exact) mass is 461 g/mol. The van der Waals surface area contributed by atoms with Crippen LogP contribution in [0.3, 0.4) is 0 Å². The van der Waals surface area contributed by atoms with E-state index in [0.29, 0.717) is 5.41 Å². The van der Waals surface area contributed by atoms with Gasteiger partial charge in [0.1, 0.15) is 5.76 Å². The van der Waals surface area contributed by atoms with Gasteiger partial charge in [0.2, 0.25) is 0 Å². The maximum Gasteiger partial charge on any atom is 0.194 e. The number of hydrogen-bond acceptors (Lipinski definition) is 3. The molecule has 2 saturated heterocycles. The van der Waals surface area contributed by atoms with Gasteiger partial charge in [-0.2, -0.15) is 0 Å². The third-order valence-corrected chi connectivity index (χ3v) is 5.84. The Morgan fingerprint density at radius 2 is 2.16 bits per heavy atom. The lowest BCUT2D eigenvalue weighted by Crippen LogP contribution is -2.72. The summed E-state index contributed by atoms with van der Waals surface area (Å²) in [6.07, 6.45) is 5.15. The van der Waals surface area contributed by atoms with Crippen molar-refractivity contribution in [3.63, 3.8) is 0 Å². The van der Waals surface area contributed by atoms with Crippen LogP contribution in [-0.2, 0) is 11.2 Å². The average molecular weight is 461 g/mol. The highest BCUT2D eigenvalue weighted by atomic mass is 127. The smallest absolute Gasteiger partial charge is 0.194 e. The number of aliphatic imine (C=N–C) groups is 1. The minimum Gasteiger partial charge on any atom is -0.469 e. The molecule has 1 aromatic rings. The van der Waals surface area contributed by atoms with Crippen LogP contribution < -0.4 is 5.32 Å². The van der Waals surface area contributed by atoms with Crippen molar-refractivity contribution < 1.29 is 9.15 Å². The zero-order valence-corrected chi connectivity index (χ0v) is 18.2. The Hall–Kier alpha value is -0.760. The summed E-state index contributed by atoms with van der Waals surface area (Å²) >= 11 is 0. The van der Waals surface area contributed by atoms with Gasteiger partial charge >= 0.3 is 0 Å². The number of hydrogen-bond donors (Lipinski definition) is 1. The first kappa shape index (κ1) is 20.6. The summed E-state index contributed by atoms with van der Waals surface area (Å²) in [4.78, 5) is 7.28. The van der Waals surface area contributed by atoms with Gasteiger partial charge in [-0.15, -0.1) is 24.0 Å². The molecule has 6 heteroatoms. The van der Waals surface area contributed by atoms with Crippen LogP contribution in [0.15, 0.2) is 27.8 Å². The van der Waals surface area contributed by atoms with Crippen LogP contribution in [0.5, 0.6) is 0 Å². The molecule has 1 atom stereocenters. The van der Waals surface area contributed by atoms with E-state index in [9.17, 15) is 0 Å². The Morgan fingerprint density at radius 3 is 2.72 bits per heavy atom. The lowest BCUT2D eigenvalue weighted by atomic mass is 9.65. The molecule has 1 N–H and O–H groups in total. The van der Waals surface area contributed by atoms with E-state index in [1.807, 2.05) is 12.1 Å². The average Bonchev–Trinajstić information content (AvgIpc) is 3.22. The first-order chi connectivity index (χ1) is 11.4. The molecule has 5 nitrogen and oxygen atoms in total. The van der Waals surface area contributed by atoms with Crippen molar-refractivity contribution in [2.75, 3.05) is 26.2 Å². The number of halogens is 1. The van der Waals surface area contributed by atoms with Gasteiger partial charge in [-0.3, -0.25) is 4.99 Å². The minimum absolute atomic E-state index is 0. The molecular weight excluding hydrogens is 429 g/mol. The molecule has 0 amide bonds. The van der Waals surface area contributed by atoms with Crippen LogP contribution in [0, 0.1) is 5.41 Å². The number of rotatable bonds is 5. The van der Waals surface area contributed by atoms with Gasteiger partial charge in [-0.25, -0.2) is 0 Å². The van der Waals surface area contributed by atoms with E-state index >= 15 is 0 Å². The minimum atomic E-state index is 0. The first-order valence-electron chi connectivity index (χ1n) is 9.10. The van der Waals surface area contributed by atoms with E-state index in [4.69, 9.17) is 14.1 Å². The van der Waals surface area contributed by atoms with Crippen molar-refractivity contribution in [1.29, 1.82) is 0 Å². The summed E-state index contributed by atoms with van der Waals surface area (Å²) in [5.41, 5.74) is 0.389. The molecular formula is C19H32IN3O2. The summed E-state index contributed by atoms with van der Waals surface area (Å²) in [5.74, 6) is 2.01. The molecule has 0 spiro atoms. The Balaban J connectivity index is 0.00000225. The fourth-order valence-electron chi connectivity index (χ4n) is 3.37. The van der Waals surface area contributed by atoms with Crippen LogP contribution >= 0.6 is 24.0 Å². The van der Waals surface area contributed by atoms with E-state index in [1.165, 1.54) is 0 Å². The zero-order chi connectivity index (χ0) is 17.2. The van der Waals surface area contributed by atoms with Gasteiger partial charge in [0.25, 0.3) is 0 Å². The third-order valence-electron chi connectivity index (χ3n) is 5.84. The largest absolute Gasteiger partial charge is 0.469 e. The summed E-state index contributed by atoms with van der Waals surface area (Å²) < 4.78 is 11.1. The maximum atomic E-state index is 5.72. The Bertz CT molecular complexity index is 563. The molecule has 3 heterocycles. The quantitative estimate of drug-likeness (QED) is 0.413. The Labute approximate surface area is 168 Å². The van der Waals surface area contributed by atoms with E-state index in [0.717, 1.165) is 57.2 Å². The van der Waals surface area contributed by atoms with Crippen molar-refractivity contribution >= 4 is 29.9 Å². The second-order valence-corrected chi connectivity index (χ2v) is 8.08. The molecule has 2 fully saturated rings. The lowest BCUT2D eigenvalue weighted by Gasteiger charge is -2.62. The lowest BCUT2D eigenvalue weighted by molar-refractivity contribution is -0.0669. The number of nitrogens with zero attached hydrogens (tertiary/aromatic N) is 2. The second kappa shape index (κ2) is 8.29. The van der Waals surface area contributed by atoms with Crippen LogP contribution in [0.2, 0.25) is 0 Å². The van der Waals surface area contributed by atoms with Gasteiger partial charge in [-0.05, 0) is 38.8 Å². The molecule has 0 radical (unpaired) electrons. The number of guanidine groups is 1. The van der Waals surface area contributed by atoms with E-state index < -0.39 is 0 Å². The van der Waals surface area contributed by atoms with E-state index in [1.54, 1.807) is 6.26 Å². The molecule has 0 aromatic carbocycles. The summed E-state index contributed by atoms with van der Waals surface area (Å²) in [7, 11) is 0. The van der Waals surface area contributed by atoms with Crippen molar-refractivity contribution in [2.24, 2.45) is 10.4 Å². The summed E-state index contributed by atoms with van der Waals surface area (Å²) in [6.45, 7) is 12.7. The van der Waals surface area contributed by atoms with Crippen molar-refractivity contribution in [3.8, 4) is 0 Å². The van der Waals surface area contributed by atoms with Crippen LogP contribution in [0.4, 0.5) is 0 Å². The summed E-state index contributed by atoms with van der Waals surface area (Å²) in [5, 5.41) is 3.54. The molecule has 142 valence electrons. The SMILES string of the molecule is CC1(C)CN(C(=NCC2CCCO2)NCCc2ccco2)C1(C)C.I. The first-order valence-corrected chi connectivity index (χ1v) is 9.10. The molecule has 3 rings (SSSR count). The van der Waals surface area contributed by atoms with E-state index in [2.05, 4.69) is 37.9 Å². The molecule has 0 bridgehead atoms. The number of likely N-dealkylation sites (tertiary alicyclic amines) is 1. The predicted molar refractivity (Wildman–Crippen MR) is 112 cm³/mol. The number of furan rings is 1. The van der Waals surface area contributed by atoms with Crippen molar-refractivity contribution in [2.45, 2.75) is 58.6 Å². The molecule has 1 aromatic heterocycles. The van der Waals surface area contributed by atoms with Crippen LogP contribution in [-0.4, -0.2) is 48.7 Å². The fourth-order valence-corrected chi connectivity index (χ4v) is 3.37. The highest BCUT2D eigenvalue weighted by molar-refractivity contribution is 14.0. The zero-order valence-electron chi connectivity index (χ0n) is 15.9. The van der Waals surface area contributed by atoms with Gasteiger partial charge in [0.05, 0.1) is 18.9 Å². The van der Waals surface area contributed by atoms with E-state index in [-0.39, 0.29) is 35.6 Å². The highest BCUT2D eigenvalue weighted by Crippen LogP contribution is 2.46. The molecule has 0 aliphatic carbocycles. The van der Waals surface area contributed by atoms with Gasteiger partial charge in [0, 0.05) is 37.1 Å². The molecule has 1 unspecified atom stereocenters. The normalized spacial score (nSPS) is 24.6. The number of nitrogens with one attached hydrogen (secondary N) is 1. The third kappa shape index (κ3) is 4.51. The van der Waals surface area contributed by atoms with Crippen molar-refractivity contribution in [3.05, 3.63) is 24.2 Å². The maximum absolute atomic E-state index is 5.72. The summed E-state index contributed by atoms with van der Waals surface area (Å²) in [6, 6.07) is 3.95. The highest BCUT2D eigenvalue weighted by Gasteiger charge is 2.53. The van der Waals surface area contributed by atoms with Gasteiger partial charge in [0.15, 0.2) is 5.96 Å². The van der Waals surface area contributed by atoms with Crippen LogP contribution in [0.1, 0.15) is 46.3 Å². The Morgan fingerprint density at radius 1 is 1.36 bits per heavy atom. The fraction of sp³-hybridized carbons (Fsp3) is 0.737. The number of ether oxygens (including phenoxy) is 1. The van der Waals surface area contributed by atoms with Crippen LogP contribution in [0.25, 0.3) is 0 Å².